The average molecular weight is 183 g/mol. The molecule has 0 unspecified atom stereocenters. The molecule has 0 heterocycles. The molecule has 0 spiro atoms. The largest absolute Gasteiger partial charge is 0.415 e. The quantitative estimate of drug-likeness (QED) is 0.495. The molecule has 0 aliphatic rings. The lowest BCUT2D eigenvalue weighted by Crippen LogP contribution is -2.30. The van der Waals surface area contributed by atoms with Crippen LogP contribution in [0.5, 0.6) is 0 Å². The van der Waals surface area contributed by atoms with Gasteiger partial charge in [0.15, 0.2) is 0 Å². The van der Waals surface area contributed by atoms with Crippen molar-refractivity contribution >= 4 is 6.09 Å². The molecule has 0 rings (SSSR count). The summed E-state index contributed by atoms with van der Waals surface area (Å²) in [7, 11) is 0. The molecule has 0 aromatic carbocycles. The summed E-state index contributed by atoms with van der Waals surface area (Å²) in [5.41, 5.74) is 0. The number of allylic oxidation sites excluding steroid dienone is 3. The molecule has 0 bridgehead atoms. The molecule has 0 saturated heterocycles. The Labute approximate surface area is 79.7 Å². The molecule has 0 saturated carbocycles. The Hall–Kier alpha value is -1.25. The molecule has 0 atom stereocenters. The van der Waals surface area contributed by atoms with E-state index in [1.807, 2.05) is 13.8 Å². The molecule has 0 aromatic rings. The smallest absolute Gasteiger partial charge is 0.414 e. The zero-order chi connectivity index (χ0) is 10.3. The van der Waals surface area contributed by atoms with Crippen LogP contribution in [0.15, 0.2) is 24.5 Å². The number of carbonyl (C=O) groups excluding carboxylic acids is 1. The summed E-state index contributed by atoms with van der Waals surface area (Å²) in [6, 6.07) is 0. The van der Waals surface area contributed by atoms with Gasteiger partial charge in [0, 0.05) is 13.1 Å². The summed E-state index contributed by atoms with van der Waals surface area (Å²) in [5, 5.41) is 0. The zero-order valence-electron chi connectivity index (χ0n) is 8.54. The van der Waals surface area contributed by atoms with Crippen molar-refractivity contribution in [2.24, 2.45) is 0 Å². The molecule has 0 aliphatic carbocycles. The number of hydrogen-bond donors (Lipinski definition) is 0. The minimum Gasteiger partial charge on any atom is -0.415 e. The Morgan fingerprint density at radius 2 is 2.00 bits per heavy atom. The second-order valence-corrected chi connectivity index (χ2v) is 2.55. The summed E-state index contributed by atoms with van der Waals surface area (Å²) in [6.07, 6.45) is 2.94. The van der Waals surface area contributed by atoms with Crippen LogP contribution in [-0.2, 0) is 4.74 Å². The van der Waals surface area contributed by atoms with E-state index in [0.29, 0.717) is 18.8 Å². The molecule has 74 valence electrons. The first-order valence-electron chi connectivity index (χ1n) is 4.41. The van der Waals surface area contributed by atoms with Crippen LogP contribution in [0.2, 0.25) is 0 Å². The standard InChI is InChI=1S/C10H17NO2/c1-5-8-9(4)13-10(12)11(6-2)7-3/h5,8H,1,6-7H2,2-4H3/b9-8+. The molecule has 13 heavy (non-hydrogen) atoms. The van der Waals surface area contributed by atoms with E-state index in [0.717, 1.165) is 0 Å². The van der Waals surface area contributed by atoms with Crippen molar-refractivity contribution < 1.29 is 9.53 Å². The second kappa shape index (κ2) is 6.29. The van der Waals surface area contributed by atoms with Crippen molar-refractivity contribution in [3.63, 3.8) is 0 Å². The van der Waals surface area contributed by atoms with Crippen LogP contribution in [0.25, 0.3) is 0 Å². The first-order chi connectivity index (χ1) is 6.15. The fourth-order valence-corrected chi connectivity index (χ4v) is 0.884. The highest BCUT2D eigenvalue weighted by molar-refractivity contribution is 5.68. The number of carbonyl (C=O) groups is 1. The number of ether oxygens (including phenoxy) is 1. The monoisotopic (exact) mass is 183 g/mol. The van der Waals surface area contributed by atoms with Gasteiger partial charge in [-0.3, -0.25) is 0 Å². The van der Waals surface area contributed by atoms with Crippen molar-refractivity contribution in [2.75, 3.05) is 13.1 Å². The Bertz CT molecular complexity index is 205. The Morgan fingerprint density at radius 3 is 2.38 bits per heavy atom. The third kappa shape index (κ3) is 4.35. The molecule has 0 N–H and O–H groups in total. The summed E-state index contributed by atoms with van der Waals surface area (Å²) in [5.74, 6) is 0.562. The molecule has 0 fully saturated rings. The molecular formula is C10H17NO2. The van der Waals surface area contributed by atoms with Gasteiger partial charge >= 0.3 is 6.09 Å². The van der Waals surface area contributed by atoms with E-state index in [-0.39, 0.29) is 6.09 Å². The predicted molar refractivity (Wildman–Crippen MR) is 53.4 cm³/mol. The van der Waals surface area contributed by atoms with Crippen molar-refractivity contribution in [2.45, 2.75) is 20.8 Å². The number of amides is 1. The van der Waals surface area contributed by atoms with Crippen molar-refractivity contribution in [1.29, 1.82) is 0 Å². The van der Waals surface area contributed by atoms with E-state index in [1.165, 1.54) is 0 Å². The highest BCUT2D eigenvalue weighted by Gasteiger charge is 2.10. The maximum atomic E-state index is 11.3. The minimum atomic E-state index is -0.305. The maximum absolute atomic E-state index is 11.3. The molecule has 0 aliphatic heterocycles. The van der Waals surface area contributed by atoms with Crippen LogP contribution in [0.3, 0.4) is 0 Å². The average Bonchev–Trinajstić information content (AvgIpc) is 2.06. The van der Waals surface area contributed by atoms with Gasteiger partial charge in [-0.15, -0.1) is 0 Å². The van der Waals surface area contributed by atoms with Gasteiger partial charge in [-0.05, 0) is 26.8 Å². The first-order valence-corrected chi connectivity index (χ1v) is 4.41. The van der Waals surface area contributed by atoms with Gasteiger partial charge in [-0.1, -0.05) is 12.7 Å². The van der Waals surface area contributed by atoms with Gasteiger partial charge in [-0.25, -0.2) is 4.79 Å². The highest BCUT2D eigenvalue weighted by Crippen LogP contribution is 2.01. The van der Waals surface area contributed by atoms with E-state index in [9.17, 15) is 4.79 Å². The van der Waals surface area contributed by atoms with Gasteiger partial charge in [0.25, 0.3) is 0 Å². The fraction of sp³-hybridized carbons (Fsp3) is 0.500. The first kappa shape index (κ1) is 11.8. The molecule has 0 radical (unpaired) electrons. The molecule has 3 heteroatoms. The zero-order valence-corrected chi connectivity index (χ0v) is 8.54. The summed E-state index contributed by atoms with van der Waals surface area (Å²) >= 11 is 0. The Balaban J connectivity index is 4.12. The van der Waals surface area contributed by atoms with Gasteiger partial charge in [-0.2, -0.15) is 0 Å². The lowest BCUT2D eigenvalue weighted by atomic mass is 10.5. The summed E-state index contributed by atoms with van der Waals surface area (Å²) < 4.78 is 5.01. The highest BCUT2D eigenvalue weighted by atomic mass is 16.6. The van der Waals surface area contributed by atoms with Crippen LogP contribution in [0.4, 0.5) is 4.79 Å². The topological polar surface area (TPSA) is 29.5 Å². The summed E-state index contributed by atoms with van der Waals surface area (Å²) in [4.78, 5) is 12.9. The molecule has 1 amide bonds. The lowest BCUT2D eigenvalue weighted by Gasteiger charge is -2.17. The maximum Gasteiger partial charge on any atom is 0.414 e. The van der Waals surface area contributed by atoms with Crippen LogP contribution in [0, 0.1) is 0 Å². The van der Waals surface area contributed by atoms with Crippen LogP contribution in [0.1, 0.15) is 20.8 Å². The van der Waals surface area contributed by atoms with E-state index in [4.69, 9.17) is 4.74 Å². The minimum absolute atomic E-state index is 0.305. The number of nitrogens with zero attached hydrogens (tertiary/aromatic N) is 1. The van der Waals surface area contributed by atoms with E-state index in [2.05, 4.69) is 6.58 Å². The van der Waals surface area contributed by atoms with Crippen LogP contribution < -0.4 is 0 Å². The van der Waals surface area contributed by atoms with Gasteiger partial charge in [0.2, 0.25) is 0 Å². The second-order valence-electron chi connectivity index (χ2n) is 2.55. The molecular weight excluding hydrogens is 166 g/mol. The van der Waals surface area contributed by atoms with E-state index in [1.54, 1.807) is 24.0 Å². The molecule has 0 aromatic heterocycles. The van der Waals surface area contributed by atoms with Gasteiger partial charge in [0.1, 0.15) is 5.76 Å². The number of rotatable bonds is 4. The predicted octanol–water partition coefficient (Wildman–Crippen LogP) is 2.55. The van der Waals surface area contributed by atoms with Crippen molar-refractivity contribution in [1.82, 2.24) is 4.90 Å². The van der Waals surface area contributed by atoms with Crippen LogP contribution in [-0.4, -0.2) is 24.1 Å². The Kier molecular flexibility index (Phi) is 5.68. The lowest BCUT2D eigenvalue weighted by molar-refractivity contribution is 0.133. The Morgan fingerprint density at radius 1 is 1.46 bits per heavy atom. The van der Waals surface area contributed by atoms with E-state index >= 15 is 0 Å². The third-order valence-electron chi connectivity index (χ3n) is 1.62. The van der Waals surface area contributed by atoms with Gasteiger partial charge in [0.05, 0.1) is 0 Å². The summed E-state index contributed by atoms with van der Waals surface area (Å²) in [6.45, 7) is 10.4. The van der Waals surface area contributed by atoms with Crippen molar-refractivity contribution in [3.05, 3.63) is 24.5 Å². The fourth-order valence-electron chi connectivity index (χ4n) is 0.884. The normalized spacial score (nSPS) is 10.8. The third-order valence-corrected chi connectivity index (χ3v) is 1.62. The molecule has 3 nitrogen and oxygen atoms in total. The van der Waals surface area contributed by atoms with E-state index < -0.39 is 0 Å². The number of hydrogen-bond acceptors (Lipinski definition) is 2. The van der Waals surface area contributed by atoms with Crippen molar-refractivity contribution in [3.8, 4) is 0 Å². The van der Waals surface area contributed by atoms with Gasteiger partial charge < -0.3 is 9.64 Å². The van der Waals surface area contributed by atoms with Crippen LogP contribution >= 0.6 is 0 Å². The SMILES string of the molecule is C=C/C=C(\C)OC(=O)N(CC)CC.